The molecule has 7 N–H and O–H groups in total. The number of hydrogen-bond donors (Lipinski definition) is 7. The molecule has 5 amide bonds. The van der Waals surface area contributed by atoms with E-state index < -0.39 is 165 Å². The summed E-state index contributed by atoms with van der Waals surface area (Å²) in [7, 11) is -5.14. The molecule has 0 radical (unpaired) electrons. The van der Waals surface area contributed by atoms with Crippen LogP contribution in [-0.4, -0.2) is 280 Å². The number of halogens is 12. The highest BCUT2D eigenvalue weighted by Crippen LogP contribution is 2.40. The minimum absolute atomic E-state index is 0.0243. The van der Waals surface area contributed by atoms with Crippen LogP contribution in [0, 0.1) is 6.57 Å². The highest BCUT2D eigenvalue weighted by molar-refractivity contribution is 7.46. The number of alkyl halides is 12. The zero-order chi connectivity index (χ0) is 67.7. The molecule has 0 aromatic heterocycles. The Morgan fingerprint density at radius 1 is 0.646 bits per heavy atom. The number of ether oxygens (including phenoxy) is 4. The molecule has 5 fully saturated rings. The predicted molar refractivity (Wildman–Crippen MR) is 257 cm³/mol. The van der Waals surface area contributed by atoms with Crippen LogP contribution >= 0.6 is 8.38 Å². The molecule has 24 nitrogen and oxygen atoms in total. The second-order valence-electron chi connectivity index (χ2n) is 17.8. The quantitative estimate of drug-likeness (QED) is 0.0346. The van der Waals surface area contributed by atoms with Gasteiger partial charge in [-0.3, -0.25) is 28.8 Å². The van der Waals surface area contributed by atoms with Gasteiger partial charge in [-0.25, -0.2) is 6.57 Å². The van der Waals surface area contributed by atoms with E-state index in [0.717, 1.165) is 13.0 Å². The molecule has 0 bridgehead atoms. The Labute approximate surface area is 472 Å². The molecule has 82 heavy (non-hydrogen) atoms. The van der Waals surface area contributed by atoms with Crippen LogP contribution in [-0.2, 0) is 56.8 Å². The van der Waals surface area contributed by atoms with Gasteiger partial charge in [0.25, 0.3) is 0 Å². The molecule has 0 aliphatic carbocycles. The van der Waals surface area contributed by atoms with Crippen molar-refractivity contribution in [2.75, 3.05) is 114 Å². The van der Waals surface area contributed by atoms with Crippen molar-refractivity contribution in [1.82, 2.24) is 30.2 Å². The van der Waals surface area contributed by atoms with Crippen LogP contribution in [0.2, 0.25) is 0 Å². The topological polar surface area (TPSA) is 300 Å². The Morgan fingerprint density at radius 3 is 1.45 bits per heavy atom. The summed E-state index contributed by atoms with van der Waals surface area (Å²) in [4.78, 5) is 72.7. The van der Waals surface area contributed by atoms with Crippen LogP contribution in [0.4, 0.5) is 52.7 Å². The molecule has 0 saturated carbocycles. The Hall–Kier alpha value is -4.54. The van der Waals surface area contributed by atoms with Gasteiger partial charge in [-0.05, 0) is 32.2 Å². The number of aliphatic hydroxyl groups is 5. The van der Waals surface area contributed by atoms with Crippen LogP contribution in [0.15, 0.2) is 0 Å². The third-order valence-corrected chi connectivity index (χ3v) is 13.5. The van der Waals surface area contributed by atoms with Gasteiger partial charge in [0.2, 0.25) is 12.5 Å². The van der Waals surface area contributed by atoms with E-state index in [0.29, 0.717) is 19.6 Å². The summed E-state index contributed by atoms with van der Waals surface area (Å²) < 4.78 is 220. The van der Waals surface area contributed by atoms with Gasteiger partial charge in [0, 0.05) is 73.9 Å². The van der Waals surface area contributed by atoms with E-state index >= 15 is 0 Å². The smallest absolute Gasteiger partial charge is 0.460 e. The lowest BCUT2D eigenvalue weighted by Crippen LogP contribution is -2.48. The monoisotopic (exact) mass is 1250 g/mol. The lowest BCUT2D eigenvalue weighted by Gasteiger charge is -2.29. The van der Waals surface area contributed by atoms with Crippen LogP contribution in [0.3, 0.4) is 0 Å². The van der Waals surface area contributed by atoms with E-state index in [2.05, 4.69) is 25.0 Å². The number of likely N-dealkylation sites (tertiary alicyclic amines) is 4. The van der Waals surface area contributed by atoms with Gasteiger partial charge in [0.05, 0.1) is 102 Å². The molecule has 4 unspecified atom stereocenters. The number of carbonyl (C=O) groups excluding carboxylic acids is 6. The number of esters is 1. The molecule has 5 saturated heterocycles. The first kappa shape index (κ1) is 65.0. The summed E-state index contributed by atoms with van der Waals surface area (Å²) in [5, 5.41) is 50.0. The van der Waals surface area contributed by atoms with Crippen molar-refractivity contribution in [3.63, 3.8) is 0 Å². The molecule has 5 rings (SSSR count). The average Bonchev–Trinajstić information content (AvgIpc) is 2.29. The lowest BCUT2D eigenvalue weighted by atomic mass is 10.1. The maximum atomic E-state index is 12.7. The molecule has 5 aliphatic heterocycles. The van der Waals surface area contributed by atoms with E-state index in [1.165, 1.54) is 7.05 Å². The molecule has 37 heteroatoms. The lowest BCUT2D eigenvalue weighted by molar-refractivity contribution is -0.188. The maximum Gasteiger partial charge on any atom is 0.471 e. The van der Waals surface area contributed by atoms with Crippen molar-refractivity contribution < 1.29 is 143 Å². The van der Waals surface area contributed by atoms with Crippen molar-refractivity contribution in [2.24, 2.45) is 0 Å². The Morgan fingerprint density at radius 2 is 1.06 bits per heavy atom. The minimum atomic E-state index is -5.10. The fourth-order valence-corrected chi connectivity index (χ4v) is 9.33. The molecule has 5 heterocycles. The first-order valence-electron chi connectivity index (χ1n) is 27.8. The van der Waals surface area contributed by atoms with Gasteiger partial charge in [-0.2, -0.15) is 52.7 Å². The summed E-state index contributed by atoms with van der Waals surface area (Å²) in [6, 6.07) is -4.66. The van der Waals surface area contributed by atoms with Crippen LogP contribution in [0.25, 0.3) is 4.85 Å². The predicted octanol–water partition coefficient (Wildman–Crippen LogP) is 0.654. The standard InChI is InChI=1S/C13H19F3N2O5.C12H18F3N2O4P.C8H12F3NO3.C7H10F3NO3.C5H11NO2/c1-17-10(19)3-4-11(20)23-9-5-6-18(8(9)7-22-2)12(21)13(14,15)16;1-16-5-7-20-22(3)21-10-4-6-17(9(10)8-19-2)11(18)12(13,14)15;1-15-4-5-6(13)2-3-12(5)7(14)8(9,10)11;8-7(9,10)6(14)11-2-1-5(13)4(11)3-12;7-3-4-5(8)1-2-6-4/h8-9H,3-7H2,1-2H3,(H,17,19);9-10H,4-8H2,2-3H3;5-6,13H,2-4H2,1H3;4-5,12-13H,1-3H2;4-8H,1-3H2/t8-,9-;9-,10-,22?;5-,6-;2*4-,5-/m11111/s1/i2*2TD;1TD;;/t2?,8-,9-;2?,9-,10-,22?;1?,5-,6-;;m. The molecular weight excluding hydrogens is 1170 g/mol. The van der Waals surface area contributed by atoms with Crippen molar-refractivity contribution in [1.29, 1.82) is 0 Å². The Kier molecular flexibility index (Phi) is 28.3. The summed E-state index contributed by atoms with van der Waals surface area (Å²) in [6.07, 6.45) is -23.8. The molecular formula is C45H70F12N7O17P. The van der Waals surface area contributed by atoms with Crippen molar-refractivity contribution >= 4 is 43.9 Å². The number of carbonyl (C=O) groups is 6. The fraction of sp³-hybridized carbons (Fsp3) is 0.844. The van der Waals surface area contributed by atoms with E-state index in [4.69, 9.17) is 53.7 Å². The third kappa shape index (κ3) is 24.6. The molecule has 476 valence electrons. The van der Waals surface area contributed by atoms with E-state index in [1.807, 2.05) is 0 Å². The second kappa shape index (κ2) is 35.7. The summed E-state index contributed by atoms with van der Waals surface area (Å²) in [5.74, 6) is -9.33. The van der Waals surface area contributed by atoms with Gasteiger partial charge in [0.1, 0.15) is 12.7 Å². The SMILES string of the molecule is O=C(N1CC[C@@H](O)[C@H]1CO)C(F)(F)F.OC[C@H]1NCC[C@H]1O.[2H]C([3H])OC[C@@H]1[C@H](O)CCN1C(=O)C(F)(F)F.[2H]C([3H])OC[C@@H]1[C@H](OC(=O)CCC(=O)NC)CCN1C(=O)C(F)(F)F.[2H]C([3H])OC[C@@H]1[C@H](OP(C)OCC[N+]#[C-])CCN1C(=O)C(F)(F)F. The number of hydrogen-bond acceptors (Lipinski definition) is 18. The summed E-state index contributed by atoms with van der Waals surface area (Å²) >= 11 is 0. The average molecular weight is 1250 g/mol. The normalized spacial score (nSPS) is 27.9. The second-order valence-corrected chi connectivity index (χ2v) is 19.2. The Balaban J connectivity index is 0.000000572. The highest BCUT2D eigenvalue weighted by Gasteiger charge is 2.52. The van der Waals surface area contributed by atoms with Crippen molar-refractivity contribution in [2.45, 2.75) is 130 Å². The zero-order valence-corrected chi connectivity index (χ0v) is 44.7. The van der Waals surface area contributed by atoms with E-state index in [1.54, 1.807) is 6.66 Å². The van der Waals surface area contributed by atoms with Crippen molar-refractivity contribution in [3.8, 4) is 0 Å². The van der Waals surface area contributed by atoms with Gasteiger partial charge in [0.15, 0.2) is 8.38 Å². The summed E-state index contributed by atoms with van der Waals surface area (Å²) in [5.41, 5.74) is 0. The molecule has 14 atom stereocenters. The number of nitrogens with one attached hydrogen (secondary N) is 2. The first-order valence-corrected chi connectivity index (χ1v) is 26.0. The zero-order valence-electron chi connectivity index (χ0n) is 49.8. The van der Waals surface area contributed by atoms with Crippen molar-refractivity contribution in [3.05, 3.63) is 11.4 Å². The van der Waals surface area contributed by atoms with Crippen LogP contribution < -0.4 is 10.6 Å². The minimum Gasteiger partial charge on any atom is -0.460 e. The van der Waals surface area contributed by atoms with E-state index in [-0.39, 0.29) is 96.6 Å². The van der Waals surface area contributed by atoms with Gasteiger partial charge < -0.3 is 88.6 Å². The summed E-state index contributed by atoms with van der Waals surface area (Å²) in [6.45, 7) is 6.46. The van der Waals surface area contributed by atoms with Gasteiger partial charge in [-0.15, -0.1) is 0 Å². The highest BCUT2D eigenvalue weighted by atomic mass is 31.2. The van der Waals surface area contributed by atoms with Gasteiger partial charge in [-0.1, -0.05) is 0 Å². The number of nitrogens with zero attached hydrogens (tertiary/aromatic N) is 5. The van der Waals surface area contributed by atoms with Gasteiger partial charge >= 0.3 is 54.3 Å². The third-order valence-electron chi connectivity index (χ3n) is 12.4. The molecule has 5 aliphatic rings. The van der Waals surface area contributed by atoms with Crippen LogP contribution in [0.5, 0.6) is 0 Å². The Bertz CT molecular complexity index is 2210. The molecule has 0 aromatic carbocycles. The van der Waals surface area contributed by atoms with Crippen LogP contribution in [0.1, 0.15) is 53.2 Å². The number of aliphatic hydroxyl groups excluding tert-OH is 5. The fourth-order valence-electron chi connectivity index (χ4n) is 8.30. The molecule has 0 spiro atoms. The first-order chi connectivity index (χ1) is 40.7. The number of amides is 5. The number of rotatable bonds is 17. The van der Waals surface area contributed by atoms with E-state index in [9.17, 15) is 86.6 Å². The largest absolute Gasteiger partial charge is 0.471 e. The molecule has 0 aromatic rings. The maximum absolute atomic E-state index is 12.7. The number of methoxy groups -OCH3 is 3.